The number of aromatic nitrogens is 5. The van der Waals surface area contributed by atoms with Gasteiger partial charge in [0.15, 0.2) is 5.69 Å². The zero-order valence-electron chi connectivity index (χ0n) is 10.2. The summed E-state index contributed by atoms with van der Waals surface area (Å²) in [6, 6.07) is 1.48. The van der Waals surface area contributed by atoms with E-state index in [0.29, 0.717) is 0 Å². The highest BCUT2D eigenvalue weighted by atomic mass is 32.2. The third-order valence-electron chi connectivity index (χ3n) is 2.25. The number of rotatable bonds is 5. The number of hydrogen-bond donors (Lipinski definition) is 1. The van der Waals surface area contributed by atoms with Crippen molar-refractivity contribution >= 4 is 17.7 Å². The molecule has 0 atom stereocenters. The molecule has 2 rings (SSSR count). The number of nitrogens with two attached hydrogens (primary N) is 1. The molecule has 2 aromatic rings. The molecule has 0 fully saturated rings. The number of methoxy groups -OCH3 is 1. The zero-order valence-corrected chi connectivity index (χ0v) is 11.0. The van der Waals surface area contributed by atoms with Gasteiger partial charge in [-0.3, -0.25) is 4.68 Å². The van der Waals surface area contributed by atoms with Crippen LogP contribution in [0.25, 0.3) is 0 Å². The first kappa shape index (κ1) is 14.2. The van der Waals surface area contributed by atoms with Gasteiger partial charge in [0.25, 0.3) is 6.43 Å². The molecule has 0 saturated carbocycles. The molecular weight excluding hydrogens is 294 g/mol. The lowest BCUT2D eigenvalue weighted by Crippen LogP contribution is -2.14. The van der Waals surface area contributed by atoms with Gasteiger partial charge in [-0.05, 0) is 6.07 Å². The molecule has 11 heteroatoms. The fraction of sp³-hybridized carbons (Fsp3) is 0.333. The maximum Gasteiger partial charge on any atom is 0.358 e. The first-order valence-electron chi connectivity index (χ1n) is 5.26. The quantitative estimate of drug-likeness (QED) is 0.492. The standard InChI is InChI=1S/C9H10F2N6O2S/c1-19-8(18)5-2-3-16(15-5)4-20-9-14-13-7(6(10)11)17(9)12/h2-3,6H,4,12H2,1H3. The summed E-state index contributed by atoms with van der Waals surface area (Å²) in [6.07, 6.45) is -1.25. The van der Waals surface area contributed by atoms with Gasteiger partial charge in [0, 0.05) is 6.20 Å². The zero-order chi connectivity index (χ0) is 14.7. The monoisotopic (exact) mass is 304 g/mol. The van der Waals surface area contributed by atoms with Crippen molar-refractivity contribution in [2.45, 2.75) is 17.5 Å². The number of carbonyl (C=O) groups excluding carboxylic acids is 1. The molecule has 0 amide bonds. The minimum atomic E-state index is -2.79. The Balaban J connectivity index is 2.02. The van der Waals surface area contributed by atoms with Crippen LogP contribution in [0.5, 0.6) is 0 Å². The van der Waals surface area contributed by atoms with Crippen molar-refractivity contribution in [3.05, 3.63) is 23.8 Å². The number of ether oxygens (including phenoxy) is 1. The SMILES string of the molecule is COC(=O)c1ccn(CSc2nnc(C(F)F)n2N)n1. The van der Waals surface area contributed by atoms with E-state index in [2.05, 4.69) is 20.0 Å². The van der Waals surface area contributed by atoms with Gasteiger partial charge in [-0.15, -0.1) is 10.2 Å². The van der Waals surface area contributed by atoms with Crippen molar-refractivity contribution < 1.29 is 18.3 Å². The molecule has 0 aliphatic heterocycles. The summed E-state index contributed by atoms with van der Waals surface area (Å²) in [6.45, 7) is 0. The summed E-state index contributed by atoms with van der Waals surface area (Å²) in [5.41, 5.74) is 0.149. The topological polar surface area (TPSA) is 101 Å². The molecule has 0 radical (unpaired) electrons. The number of thioether (sulfide) groups is 1. The molecule has 108 valence electrons. The highest BCUT2D eigenvalue weighted by Gasteiger charge is 2.18. The van der Waals surface area contributed by atoms with E-state index < -0.39 is 18.2 Å². The average molecular weight is 304 g/mol. The Morgan fingerprint density at radius 3 is 2.90 bits per heavy atom. The highest BCUT2D eigenvalue weighted by molar-refractivity contribution is 7.98. The van der Waals surface area contributed by atoms with Crippen molar-refractivity contribution in [1.29, 1.82) is 0 Å². The summed E-state index contributed by atoms with van der Waals surface area (Å²) in [5, 5.41) is 10.9. The Labute approximate surface area is 115 Å². The summed E-state index contributed by atoms with van der Waals surface area (Å²) in [7, 11) is 1.25. The van der Waals surface area contributed by atoms with Crippen LogP contribution in [0.2, 0.25) is 0 Å². The molecule has 0 aliphatic rings. The van der Waals surface area contributed by atoms with Crippen LogP contribution in [0.4, 0.5) is 8.78 Å². The fourth-order valence-corrected chi connectivity index (χ4v) is 2.03. The summed E-state index contributed by atoms with van der Waals surface area (Å²) < 4.78 is 31.6. The third-order valence-corrected chi connectivity index (χ3v) is 3.18. The van der Waals surface area contributed by atoms with Crippen molar-refractivity contribution in [2.75, 3.05) is 13.0 Å². The lowest BCUT2D eigenvalue weighted by Gasteiger charge is -2.02. The first-order chi connectivity index (χ1) is 9.52. The van der Waals surface area contributed by atoms with Crippen LogP contribution >= 0.6 is 11.8 Å². The lowest BCUT2D eigenvalue weighted by molar-refractivity contribution is 0.0593. The number of carbonyl (C=O) groups is 1. The molecule has 0 aliphatic carbocycles. The molecule has 0 saturated heterocycles. The van der Waals surface area contributed by atoms with E-state index in [0.717, 1.165) is 16.4 Å². The van der Waals surface area contributed by atoms with Crippen LogP contribution in [0, 0.1) is 0 Å². The van der Waals surface area contributed by atoms with E-state index in [1.165, 1.54) is 17.9 Å². The highest BCUT2D eigenvalue weighted by Crippen LogP contribution is 2.21. The largest absolute Gasteiger partial charge is 0.464 e. The van der Waals surface area contributed by atoms with Crippen molar-refractivity contribution in [3.63, 3.8) is 0 Å². The molecule has 0 aromatic carbocycles. The van der Waals surface area contributed by atoms with E-state index in [4.69, 9.17) is 5.84 Å². The molecular formula is C9H10F2N6O2S. The van der Waals surface area contributed by atoms with Gasteiger partial charge in [-0.1, -0.05) is 11.8 Å². The van der Waals surface area contributed by atoms with Crippen LogP contribution in [0.1, 0.15) is 22.7 Å². The number of halogens is 2. The Morgan fingerprint density at radius 1 is 1.55 bits per heavy atom. The summed E-state index contributed by atoms with van der Waals surface area (Å²) in [5.74, 6) is 4.49. The number of esters is 1. The normalized spacial score (nSPS) is 11.0. The van der Waals surface area contributed by atoms with Gasteiger partial charge in [0.1, 0.15) is 0 Å². The van der Waals surface area contributed by atoms with E-state index in [-0.39, 0.29) is 16.7 Å². The third kappa shape index (κ3) is 2.87. The Morgan fingerprint density at radius 2 is 2.30 bits per heavy atom. The molecule has 0 bridgehead atoms. The second-order valence-corrected chi connectivity index (χ2v) is 4.43. The smallest absolute Gasteiger partial charge is 0.358 e. The van der Waals surface area contributed by atoms with Crippen LogP contribution < -0.4 is 5.84 Å². The minimum absolute atomic E-state index is 0.121. The van der Waals surface area contributed by atoms with E-state index in [1.54, 1.807) is 6.20 Å². The Kier molecular flexibility index (Phi) is 4.17. The molecule has 20 heavy (non-hydrogen) atoms. The first-order valence-corrected chi connectivity index (χ1v) is 6.24. The van der Waals surface area contributed by atoms with Gasteiger partial charge in [0.2, 0.25) is 11.0 Å². The molecule has 0 unspecified atom stereocenters. The fourth-order valence-electron chi connectivity index (χ4n) is 1.31. The van der Waals surface area contributed by atoms with Gasteiger partial charge in [-0.25, -0.2) is 18.3 Å². The van der Waals surface area contributed by atoms with Crippen molar-refractivity contribution in [1.82, 2.24) is 24.7 Å². The second-order valence-electron chi connectivity index (χ2n) is 3.52. The average Bonchev–Trinajstić information content (AvgIpc) is 3.02. The van der Waals surface area contributed by atoms with Crippen LogP contribution in [0.15, 0.2) is 17.4 Å². The second kappa shape index (κ2) is 5.86. The molecule has 2 aromatic heterocycles. The Hall–Kier alpha value is -2.17. The maximum absolute atomic E-state index is 12.5. The van der Waals surface area contributed by atoms with E-state index >= 15 is 0 Å². The van der Waals surface area contributed by atoms with E-state index in [9.17, 15) is 13.6 Å². The van der Waals surface area contributed by atoms with Gasteiger partial charge in [-0.2, -0.15) is 5.10 Å². The summed E-state index contributed by atoms with van der Waals surface area (Å²) >= 11 is 1.05. The molecule has 0 spiro atoms. The van der Waals surface area contributed by atoms with Gasteiger partial charge < -0.3 is 10.6 Å². The number of nitrogens with zero attached hydrogens (tertiary/aromatic N) is 5. The van der Waals surface area contributed by atoms with Gasteiger partial charge in [0.05, 0.1) is 13.0 Å². The van der Waals surface area contributed by atoms with Crippen molar-refractivity contribution in [3.8, 4) is 0 Å². The maximum atomic E-state index is 12.5. The van der Waals surface area contributed by atoms with Crippen LogP contribution in [-0.4, -0.2) is 37.7 Å². The van der Waals surface area contributed by atoms with E-state index in [1.807, 2.05) is 0 Å². The molecule has 2 N–H and O–H groups in total. The molecule has 2 heterocycles. The van der Waals surface area contributed by atoms with Crippen LogP contribution in [-0.2, 0) is 10.6 Å². The lowest BCUT2D eigenvalue weighted by atomic mass is 10.4. The number of hydrogen-bond acceptors (Lipinski definition) is 7. The minimum Gasteiger partial charge on any atom is -0.464 e. The number of alkyl halides is 2. The predicted molar refractivity (Wildman–Crippen MR) is 64.6 cm³/mol. The Bertz CT molecular complexity index is 613. The van der Waals surface area contributed by atoms with Crippen molar-refractivity contribution in [2.24, 2.45) is 0 Å². The predicted octanol–water partition coefficient (Wildman–Crippen LogP) is 0.662. The van der Waals surface area contributed by atoms with Crippen LogP contribution in [0.3, 0.4) is 0 Å². The molecule has 8 nitrogen and oxygen atoms in total. The number of nitrogen functional groups attached to an aromatic ring is 1. The van der Waals surface area contributed by atoms with Gasteiger partial charge >= 0.3 is 5.97 Å². The summed E-state index contributed by atoms with van der Waals surface area (Å²) in [4.78, 5) is 11.2.